The summed E-state index contributed by atoms with van der Waals surface area (Å²) in [6.07, 6.45) is 1.38. The van der Waals surface area contributed by atoms with Gasteiger partial charge in [-0.15, -0.1) is 0 Å². The molecule has 2 atom stereocenters. The van der Waals surface area contributed by atoms with E-state index in [-0.39, 0.29) is 11.8 Å². The Morgan fingerprint density at radius 3 is 2.65 bits per heavy atom. The van der Waals surface area contributed by atoms with Crippen molar-refractivity contribution >= 4 is 23.3 Å². The molecule has 1 heterocycles. The Hall–Kier alpha value is -2.08. The van der Waals surface area contributed by atoms with Crippen LogP contribution in [0.3, 0.4) is 0 Å². The van der Waals surface area contributed by atoms with Crippen LogP contribution in [0, 0.1) is 12.8 Å². The average Bonchev–Trinajstić information content (AvgIpc) is 2.92. The van der Waals surface area contributed by atoms with Crippen LogP contribution in [0.25, 0.3) is 0 Å². The highest BCUT2D eigenvalue weighted by Crippen LogP contribution is 2.26. The summed E-state index contributed by atoms with van der Waals surface area (Å²) in [6.45, 7) is 6.40. The molecule has 1 amide bonds. The van der Waals surface area contributed by atoms with Crippen molar-refractivity contribution in [3.63, 3.8) is 0 Å². The Bertz CT molecular complexity index is 601. The van der Waals surface area contributed by atoms with Gasteiger partial charge in [0.15, 0.2) is 0 Å². The summed E-state index contributed by atoms with van der Waals surface area (Å²) >= 11 is 0. The Kier molecular flexibility index (Phi) is 5.26. The van der Waals surface area contributed by atoms with E-state index in [0.29, 0.717) is 24.3 Å². The van der Waals surface area contributed by atoms with Crippen LogP contribution in [0.2, 0.25) is 0 Å². The molecular formula is C17H25N3O3. The lowest BCUT2D eigenvalue weighted by molar-refractivity contribution is -0.144. The fourth-order valence-corrected chi connectivity index (χ4v) is 3.16. The van der Waals surface area contributed by atoms with E-state index in [4.69, 9.17) is 5.73 Å². The van der Waals surface area contributed by atoms with Crippen LogP contribution < -0.4 is 11.1 Å². The molecule has 23 heavy (non-hydrogen) atoms. The van der Waals surface area contributed by atoms with E-state index in [1.54, 1.807) is 17.0 Å². The number of nitrogen functional groups attached to an aromatic ring is 1. The quantitative estimate of drug-likeness (QED) is 0.722. The summed E-state index contributed by atoms with van der Waals surface area (Å²) in [5.41, 5.74) is 8.08. The van der Waals surface area contributed by atoms with Gasteiger partial charge in [-0.3, -0.25) is 14.5 Å². The molecular weight excluding hydrogens is 294 g/mol. The largest absolute Gasteiger partial charge is 0.480 e. The fourth-order valence-electron chi connectivity index (χ4n) is 3.16. The molecule has 2 unspecified atom stereocenters. The molecule has 0 aliphatic carbocycles. The minimum absolute atomic E-state index is 0.0118. The predicted octanol–water partition coefficient (Wildman–Crippen LogP) is 2.09. The van der Waals surface area contributed by atoms with Crippen molar-refractivity contribution in [2.75, 3.05) is 17.6 Å². The van der Waals surface area contributed by atoms with Gasteiger partial charge in [0.2, 0.25) is 5.91 Å². The van der Waals surface area contributed by atoms with E-state index in [9.17, 15) is 14.7 Å². The molecule has 2 rings (SSSR count). The van der Waals surface area contributed by atoms with Gasteiger partial charge in [0.05, 0.1) is 6.04 Å². The van der Waals surface area contributed by atoms with Crippen LogP contribution in [-0.2, 0) is 9.59 Å². The number of benzene rings is 1. The van der Waals surface area contributed by atoms with Crippen molar-refractivity contribution in [2.24, 2.45) is 5.92 Å². The van der Waals surface area contributed by atoms with Crippen molar-refractivity contribution in [3.8, 4) is 0 Å². The third-order valence-corrected chi connectivity index (χ3v) is 4.38. The van der Waals surface area contributed by atoms with Crippen LogP contribution in [0.15, 0.2) is 18.2 Å². The Morgan fingerprint density at radius 1 is 1.39 bits per heavy atom. The number of nitrogens with two attached hydrogens (primary N) is 1. The highest BCUT2D eigenvalue weighted by Gasteiger charge is 2.39. The monoisotopic (exact) mass is 319 g/mol. The molecule has 1 aliphatic heterocycles. The number of carboxylic acids is 1. The average molecular weight is 319 g/mol. The van der Waals surface area contributed by atoms with Gasteiger partial charge in [-0.05, 0) is 49.9 Å². The molecule has 0 aromatic heterocycles. The topological polar surface area (TPSA) is 95.7 Å². The Labute approximate surface area is 136 Å². The smallest absolute Gasteiger partial charge is 0.320 e. The maximum absolute atomic E-state index is 12.7. The first-order valence-corrected chi connectivity index (χ1v) is 7.96. The lowest BCUT2D eigenvalue weighted by atomic mass is 10.00. The van der Waals surface area contributed by atoms with Crippen molar-refractivity contribution in [1.82, 2.24) is 4.90 Å². The number of anilines is 2. The van der Waals surface area contributed by atoms with E-state index >= 15 is 0 Å². The zero-order valence-electron chi connectivity index (χ0n) is 13.9. The van der Waals surface area contributed by atoms with E-state index in [1.807, 2.05) is 26.8 Å². The zero-order valence-corrected chi connectivity index (χ0v) is 13.9. The van der Waals surface area contributed by atoms with Gasteiger partial charge in [-0.1, -0.05) is 19.9 Å². The fraction of sp³-hybridized carbons (Fsp3) is 0.529. The molecule has 0 saturated carbocycles. The number of nitrogens with one attached hydrogen (secondary N) is 1. The van der Waals surface area contributed by atoms with Crippen LogP contribution in [0.5, 0.6) is 0 Å². The Balaban J connectivity index is 2.18. The summed E-state index contributed by atoms with van der Waals surface area (Å²) in [6, 6.07) is 4.33. The van der Waals surface area contributed by atoms with Crippen molar-refractivity contribution in [1.29, 1.82) is 0 Å². The van der Waals surface area contributed by atoms with Gasteiger partial charge >= 0.3 is 5.97 Å². The number of amides is 1. The third-order valence-electron chi connectivity index (χ3n) is 4.38. The third kappa shape index (κ3) is 3.82. The number of carbonyl (C=O) groups is 2. The molecule has 4 N–H and O–H groups in total. The lowest BCUT2D eigenvalue weighted by Gasteiger charge is -2.32. The Morgan fingerprint density at radius 2 is 2.09 bits per heavy atom. The second-order valence-corrected chi connectivity index (χ2v) is 6.48. The standard InChI is InChI=1S/C17H25N3O3/c1-10(2)15(20-8-4-5-14(20)17(22)23)16(21)19-12-7-6-11(3)13(18)9-12/h6-7,9-10,14-15H,4-5,8,18H2,1-3H3,(H,19,21)(H,22,23). The normalized spacial score (nSPS) is 19.7. The lowest BCUT2D eigenvalue weighted by Crippen LogP contribution is -2.51. The van der Waals surface area contributed by atoms with Gasteiger partial charge in [-0.25, -0.2) is 0 Å². The summed E-state index contributed by atoms with van der Waals surface area (Å²) in [7, 11) is 0. The SMILES string of the molecule is Cc1ccc(NC(=O)C(C(C)C)N2CCCC2C(=O)O)cc1N. The van der Waals surface area contributed by atoms with E-state index in [1.165, 1.54) is 0 Å². The maximum Gasteiger partial charge on any atom is 0.320 e. The van der Waals surface area contributed by atoms with Crippen molar-refractivity contribution in [2.45, 2.75) is 45.7 Å². The van der Waals surface area contributed by atoms with Gasteiger partial charge < -0.3 is 16.2 Å². The second-order valence-electron chi connectivity index (χ2n) is 6.48. The maximum atomic E-state index is 12.7. The summed E-state index contributed by atoms with van der Waals surface area (Å²) < 4.78 is 0. The summed E-state index contributed by atoms with van der Waals surface area (Å²) in [5.74, 6) is -1.03. The van der Waals surface area contributed by atoms with Crippen molar-refractivity contribution < 1.29 is 14.7 Å². The van der Waals surface area contributed by atoms with Crippen molar-refractivity contribution in [3.05, 3.63) is 23.8 Å². The van der Waals surface area contributed by atoms with Gasteiger partial charge in [0, 0.05) is 11.4 Å². The molecule has 0 spiro atoms. The number of aryl methyl sites for hydroxylation is 1. The molecule has 1 saturated heterocycles. The minimum Gasteiger partial charge on any atom is -0.480 e. The van der Waals surface area contributed by atoms with Crippen LogP contribution in [-0.4, -0.2) is 40.5 Å². The molecule has 6 nitrogen and oxygen atoms in total. The molecule has 126 valence electrons. The van der Waals surface area contributed by atoms with Gasteiger partial charge in [-0.2, -0.15) is 0 Å². The summed E-state index contributed by atoms with van der Waals surface area (Å²) in [5, 5.41) is 12.2. The molecule has 0 radical (unpaired) electrons. The molecule has 1 aliphatic rings. The molecule has 6 heteroatoms. The van der Waals surface area contributed by atoms with E-state index in [2.05, 4.69) is 5.32 Å². The number of carboxylic acid groups (broad SMARTS) is 1. The van der Waals surface area contributed by atoms with Crippen LogP contribution >= 0.6 is 0 Å². The number of aliphatic carboxylic acids is 1. The zero-order chi connectivity index (χ0) is 17.1. The highest BCUT2D eigenvalue weighted by atomic mass is 16.4. The van der Waals surface area contributed by atoms with E-state index in [0.717, 1.165) is 12.0 Å². The first kappa shape index (κ1) is 17.3. The van der Waals surface area contributed by atoms with Crippen LogP contribution in [0.4, 0.5) is 11.4 Å². The molecule has 1 aromatic rings. The first-order valence-electron chi connectivity index (χ1n) is 7.96. The number of hydrogen-bond donors (Lipinski definition) is 3. The number of nitrogens with zero attached hydrogens (tertiary/aromatic N) is 1. The number of likely N-dealkylation sites (tertiary alicyclic amines) is 1. The van der Waals surface area contributed by atoms with E-state index < -0.39 is 18.1 Å². The predicted molar refractivity (Wildman–Crippen MR) is 90.2 cm³/mol. The summed E-state index contributed by atoms with van der Waals surface area (Å²) in [4.78, 5) is 25.9. The van der Waals surface area contributed by atoms with Gasteiger partial charge in [0.25, 0.3) is 0 Å². The number of rotatable bonds is 5. The molecule has 1 aromatic carbocycles. The van der Waals surface area contributed by atoms with Crippen LogP contribution in [0.1, 0.15) is 32.3 Å². The highest BCUT2D eigenvalue weighted by molar-refractivity contribution is 5.96. The first-order chi connectivity index (χ1) is 10.8. The minimum atomic E-state index is -0.861. The molecule has 0 bridgehead atoms. The number of carbonyl (C=O) groups excluding carboxylic acids is 1. The molecule has 1 fully saturated rings. The number of hydrogen-bond acceptors (Lipinski definition) is 4. The van der Waals surface area contributed by atoms with Gasteiger partial charge in [0.1, 0.15) is 6.04 Å². The second kappa shape index (κ2) is 7.00.